The summed E-state index contributed by atoms with van der Waals surface area (Å²) in [5.41, 5.74) is 0. The average Bonchev–Trinajstić information content (AvgIpc) is 2.66. The molecule has 0 N–H and O–H groups in total. The zero-order valence-electron chi connectivity index (χ0n) is 18.1. The zero-order chi connectivity index (χ0) is 19.0. The van der Waals surface area contributed by atoms with E-state index in [1.165, 1.54) is 122 Å². The lowest BCUT2D eigenvalue weighted by Crippen LogP contribution is -1.84. The molecule has 0 spiro atoms. The number of rotatable bonds is 22. The van der Waals surface area contributed by atoms with Gasteiger partial charge in [0.25, 0.3) is 0 Å². The minimum absolute atomic E-state index is 1.04. The van der Waals surface area contributed by atoms with Crippen molar-refractivity contribution >= 4 is 0 Å². The minimum atomic E-state index is 1.04. The molecule has 0 atom stereocenters. The van der Waals surface area contributed by atoms with Crippen LogP contribution in [0.3, 0.4) is 0 Å². The van der Waals surface area contributed by atoms with Gasteiger partial charge in [-0.15, -0.1) is 0 Å². The molecule has 0 saturated carbocycles. The van der Waals surface area contributed by atoms with Gasteiger partial charge in [-0.05, 0) is 25.7 Å². The molecule has 0 unspecified atom stereocenters. The van der Waals surface area contributed by atoms with Crippen molar-refractivity contribution in [3.05, 3.63) is 26.0 Å². The highest BCUT2D eigenvalue weighted by molar-refractivity contribution is 4.81. The second-order valence-corrected chi connectivity index (χ2v) is 8.12. The molecule has 0 bridgehead atoms. The van der Waals surface area contributed by atoms with E-state index < -0.39 is 0 Å². The SMILES string of the molecule is [CH2]CC/C=C/CCCCCCCCCCCCCCCCCCCC[CH2]. The summed E-state index contributed by atoms with van der Waals surface area (Å²) in [6.45, 7) is 7.76. The van der Waals surface area contributed by atoms with Gasteiger partial charge in [0.05, 0.1) is 0 Å². The molecule has 0 saturated heterocycles. The van der Waals surface area contributed by atoms with E-state index in [0.29, 0.717) is 0 Å². The van der Waals surface area contributed by atoms with E-state index in [0.717, 1.165) is 19.3 Å². The van der Waals surface area contributed by atoms with Crippen molar-refractivity contribution in [3.8, 4) is 0 Å². The van der Waals surface area contributed by atoms with Gasteiger partial charge in [-0.2, -0.15) is 0 Å². The molecule has 0 nitrogen and oxygen atoms in total. The molecule has 0 aromatic carbocycles. The van der Waals surface area contributed by atoms with Gasteiger partial charge in [-0.25, -0.2) is 0 Å². The molecular weight excluding hydrogens is 312 g/mol. The van der Waals surface area contributed by atoms with Gasteiger partial charge < -0.3 is 0 Å². The summed E-state index contributed by atoms with van der Waals surface area (Å²) >= 11 is 0. The first kappa shape index (κ1) is 25.7. The van der Waals surface area contributed by atoms with Crippen LogP contribution in [0.25, 0.3) is 0 Å². The fourth-order valence-corrected chi connectivity index (χ4v) is 3.62. The molecule has 0 heterocycles. The van der Waals surface area contributed by atoms with Crippen LogP contribution in [0.4, 0.5) is 0 Å². The van der Waals surface area contributed by atoms with E-state index in [2.05, 4.69) is 26.0 Å². The fourth-order valence-electron chi connectivity index (χ4n) is 3.62. The van der Waals surface area contributed by atoms with Crippen LogP contribution in [-0.4, -0.2) is 0 Å². The normalized spacial score (nSPS) is 11.6. The predicted molar refractivity (Wildman–Crippen MR) is 121 cm³/mol. The van der Waals surface area contributed by atoms with Crippen LogP contribution >= 0.6 is 0 Å². The van der Waals surface area contributed by atoms with Gasteiger partial charge in [0.2, 0.25) is 0 Å². The molecule has 0 aliphatic carbocycles. The molecule has 0 aliphatic rings. The van der Waals surface area contributed by atoms with Crippen LogP contribution in [0, 0.1) is 13.8 Å². The number of hydrogen-bond donors (Lipinski definition) is 0. The van der Waals surface area contributed by atoms with Crippen LogP contribution in [0.2, 0.25) is 0 Å². The van der Waals surface area contributed by atoms with E-state index in [1.807, 2.05) is 0 Å². The fraction of sp³-hybridized carbons (Fsp3) is 0.846. The van der Waals surface area contributed by atoms with Gasteiger partial charge in [0, 0.05) is 0 Å². The maximum atomic E-state index is 3.91. The van der Waals surface area contributed by atoms with Gasteiger partial charge in [-0.3, -0.25) is 0 Å². The Labute approximate surface area is 167 Å². The second-order valence-electron chi connectivity index (χ2n) is 8.12. The molecule has 2 radical (unpaired) electrons. The molecule has 0 amide bonds. The Morgan fingerprint density at radius 1 is 0.308 bits per heavy atom. The predicted octanol–water partition coefficient (Wildman–Crippen LogP) is 9.79. The van der Waals surface area contributed by atoms with Crippen molar-refractivity contribution in [2.75, 3.05) is 0 Å². The Hall–Kier alpha value is -0.260. The Balaban J connectivity index is 2.99. The number of allylic oxidation sites excluding steroid dienone is 2. The van der Waals surface area contributed by atoms with Crippen LogP contribution in [0.5, 0.6) is 0 Å². The Morgan fingerprint density at radius 2 is 0.615 bits per heavy atom. The monoisotopic (exact) mass is 362 g/mol. The van der Waals surface area contributed by atoms with Crippen molar-refractivity contribution in [2.45, 2.75) is 141 Å². The summed E-state index contributed by atoms with van der Waals surface area (Å²) in [6.07, 6.45) is 35.2. The average molecular weight is 363 g/mol. The number of unbranched alkanes of at least 4 members (excludes halogenated alkanes) is 20. The summed E-state index contributed by atoms with van der Waals surface area (Å²) in [5, 5.41) is 0. The molecule has 0 fully saturated rings. The Kier molecular flexibility index (Phi) is 24.5. The van der Waals surface area contributed by atoms with Crippen molar-refractivity contribution in [1.29, 1.82) is 0 Å². The number of hydrogen-bond acceptors (Lipinski definition) is 0. The third-order valence-electron chi connectivity index (χ3n) is 5.41. The highest BCUT2D eigenvalue weighted by Crippen LogP contribution is 2.14. The molecule has 26 heavy (non-hydrogen) atoms. The van der Waals surface area contributed by atoms with E-state index in [-0.39, 0.29) is 0 Å². The standard InChI is InChI=1S/C26H50/c1-3-5-7-9-11-13-15-17-19-21-23-25-26-24-22-20-18-16-14-12-10-8-6-4-2/h7,9H,1-6,8,10-26H2/b9-7+. The molecule has 0 rings (SSSR count). The quantitative estimate of drug-likeness (QED) is 0.133. The highest BCUT2D eigenvalue weighted by Gasteiger charge is 1.95. The van der Waals surface area contributed by atoms with Gasteiger partial charge in [0.1, 0.15) is 0 Å². The highest BCUT2D eigenvalue weighted by atomic mass is 14.0. The summed E-state index contributed by atoms with van der Waals surface area (Å²) in [7, 11) is 0. The Bertz CT molecular complexity index is 253. The molecular formula is C26H50. The van der Waals surface area contributed by atoms with Gasteiger partial charge >= 0.3 is 0 Å². The van der Waals surface area contributed by atoms with Gasteiger partial charge in [0.15, 0.2) is 0 Å². The summed E-state index contributed by atoms with van der Waals surface area (Å²) in [5.74, 6) is 0. The minimum Gasteiger partial charge on any atom is -0.0885 e. The summed E-state index contributed by atoms with van der Waals surface area (Å²) in [4.78, 5) is 0. The molecule has 0 aromatic rings. The summed E-state index contributed by atoms with van der Waals surface area (Å²) < 4.78 is 0. The first-order chi connectivity index (χ1) is 12.9. The first-order valence-electron chi connectivity index (χ1n) is 12.1. The molecule has 0 aliphatic heterocycles. The summed E-state index contributed by atoms with van der Waals surface area (Å²) in [6, 6.07) is 0. The van der Waals surface area contributed by atoms with Crippen LogP contribution in [0.1, 0.15) is 141 Å². The smallest absolute Gasteiger partial charge is 0.0351 e. The maximum Gasteiger partial charge on any atom is -0.0351 e. The lowest BCUT2D eigenvalue weighted by atomic mass is 10.0. The van der Waals surface area contributed by atoms with E-state index in [9.17, 15) is 0 Å². The third kappa shape index (κ3) is 23.7. The van der Waals surface area contributed by atoms with E-state index >= 15 is 0 Å². The molecule has 0 heteroatoms. The van der Waals surface area contributed by atoms with Crippen LogP contribution < -0.4 is 0 Å². The lowest BCUT2D eigenvalue weighted by molar-refractivity contribution is 0.524. The van der Waals surface area contributed by atoms with E-state index in [1.54, 1.807) is 0 Å². The van der Waals surface area contributed by atoms with Crippen LogP contribution in [0.15, 0.2) is 12.2 Å². The Morgan fingerprint density at radius 3 is 0.962 bits per heavy atom. The molecule has 0 aromatic heterocycles. The third-order valence-corrected chi connectivity index (χ3v) is 5.41. The van der Waals surface area contributed by atoms with Crippen LogP contribution in [-0.2, 0) is 0 Å². The molecule has 154 valence electrons. The maximum absolute atomic E-state index is 3.91. The van der Waals surface area contributed by atoms with Gasteiger partial charge in [-0.1, -0.05) is 142 Å². The van der Waals surface area contributed by atoms with Crippen molar-refractivity contribution < 1.29 is 0 Å². The van der Waals surface area contributed by atoms with Crippen molar-refractivity contribution in [1.82, 2.24) is 0 Å². The second kappa shape index (κ2) is 24.7. The largest absolute Gasteiger partial charge is 0.0885 e. The van der Waals surface area contributed by atoms with Crippen molar-refractivity contribution in [3.63, 3.8) is 0 Å². The topological polar surface area (TPSA) is 0 Å². The van der Waals surface area contributed by atoms with Crippen molar-refractivity contribution in [2.24, 2.45) is 0 Å². The first-order valence-corrected chi connectivity index (χ1v) is 12.1. The van der Waals surface area contributed by atoms with E-state index in [4.69, 9.17) is 0 Å². The zero-order valence-corrected chi connectivity index (χ0v) is 18.1. The lowest BCUT2D eigenvalue weighted by Gasteiger charge is -2.03.